The van der Waals surface area contributed by atoms with E-state index >= 15 is 0 Å². The zero-order valence-corrected chi connectivity index (χ0v) is 14.0. The van der Waals surface area contributed by atoms with Crippen LogP contribution in [-0.2, 0) is 4.79 Å². The molecule has 0 aliphatic heterocycles. The van der Waals surface area contributed by atoms with E-state index in [4.69, 9.17) is 18.0 Å². The largest absolute Gasteiger partial charge is 0.392 e. The van der Waals surface area contributed by atoms with Gasteiger partial charge in [-0.2, -0.15) is 0 Å². The first-order chi connectivity index (χ1) is 9.95. The molecule has 0 unspecified atom stereocenters. The van der Waals surface area contributed by atoms with Crippen molar-refractivity contribution in [3.05, 3.63) is 28.5 Å². The molecule has 2 rings (SSSR count). The van der Waals surface area contributed by atoms with Gasteiger partial charge in [0.15, 0.2) is 0 Å². The molecule has 6 heteroatoms. The molecule has 3 nitrogen and oxygen atoms in total. The van der Waals surface area contributed by atoms with E-state index in [9.17, 15) is 9.18 Å². The number of rotatable bonds is 3. The molecule has 0 heterocycles. The smallest absolute Gasteiger partial charge is 0.237 e. The number of carbonyl (C=O) groups excluding carboxylic acids is 1. The molecule has 21 heavy (non-hydrogen) atoms. The van der Waals surface area contributed by atoms with Crippen molar-refractivity contribution >= 4 is 44.7 Å². The predicted octanol–water partition coefficient (Wildman–Crippen LogP) is 4.15. The summed E-state index contributed by atoms with van der Waals surface area (Å²) in [6.07, 6.45) is 5.22. The molecule has 0 radical (unpaired) electrons. The Morgan fingerprint density at radius 2 is 1.90 bits per heavy atom. The van der Waals surface area contributed by atoms with Gasteiger partial charge in [0.1, 0.15) is 5.82 Å². The summed E-state index contributed by atoms with van der Waals surface area (Å²) in [7, 11) is 0. The van der Waals surface area contributed by atoms with Gasteiger partial charge in [0.25, 0.3) is 0 Å². The first-order valence-electron chi connectivity index (χ1n) is 7.02. The molecule has 1 saturated carbocycles. The second-order valence-corrected chi connectivity index (χ2v) is 6.79. The number of hydrogen-bond donors (Lipinski definition) is 2. The maximum absolute atomic E-state index is 13.8. The van der Waals surface area contributed by atoms with Crippen molar-refractivity contribution in [2.24, 2.45) is 11.1 Å². The van der Waals surface area contributed by atoms with Gasteiger partial charge >= 0.3 is 0 Å². The van der Waals surface area contributed by atoms with Gasteiger partial charge in [-0.05, 0) is 31.0 Å². The van der Waals surface area contributed by atoms with Crippen molar-refractivity contribution in [2.45, 2.75) is 38.5 Å². The lowest BCUT2D eigenvalue weighted by atomic mass is 9.79. The number of nitrogens with two attached hydrogens (primary N) is 1. The summed E-state index contributed by atoms with van der Waals surface area (Å²) < 4.78 is 14.5. The van der Waals surface area contributed by atoms with E-state index in [1.807, 2.05) is 0 Å². The Kier molecular flexibility index (Phi) is 5.32. The van der Waals surface area contributed by atoms with Crippen LogP contribution in [0.4, 0.5) is 10.1 Å². The van der Waals surface area contributed by atoms with Crippen LogP contribution < -0.4 is 11.1 Å². The highest BCUT2D eigenvalue weighted by Crippen LogP contribution is 2.37. The van der Waals surface area contributed by atoms with Gasteiger partial charge in [-0.3, -0.25) is 4.79 Å². The maximum Gasteiger partial charge on any atom is 0.237 e. The lowest BCUT2D eigenvalue weighted by Gasteiger charge is -2.30. The third-order valence-electron chi connectivity index (χ3n) is 4.04. The predicted molar refractivity (Wildman–Crippen MR) is 89.7 cm³/mol. The van der Waals surface area contributed by atoms with Crippen molar-refractivity contribution in [3.63, 3.8) is 0 Å². The first kappa shape index (κ1) is 16.4. The number of amides is 1. The van der Waals surface area contributed by atoms with Crippen LogP contribution in [0, 0.1) is 11.2 Å². The molecule has 1 aromatic rings. The number of thiocarbonyl (C=S) groups is 1. The quantitative estimate of drug-likeness (QED) is 0.618. The van der Waals surface area contributed by atoms with Crippen LogP contribution in [0.5, 0.6) is 0 Å². The molecule has 0 aromatic heterocycles. The third kappa shape index (κ3) is 3.61. The van der Waals surface area contributed by atoms with Gasteiger partial charge in [-0.25, -0.2) is 4.39 Å². The highest BCUT2D eigenvalue weighted by molar-refractivity contribution is 9.10. The Morgan fingerprint density at radius 3 is 2.48 bits per heavy atom. The summed E-state index contributed by atoms with van der Waals surface area (Å²) >= 11 is 8.42. The normalized spacial score (nSPS) is 17.8. The molecule has 1 aliphatic carbocycles. The van der Waals surface area contributed by atoms with Crippen molar-refractivity contribution < 1.29 is 9.18 Å². The van der Waals surface area contributed by atoms with Gasteiger partial charge in [0, 0.05) is 4.47 Å². The Hall–Kier alpha value is -1.01. The average molecular weight is 373 g/mol. The number of hydrogen-bond acceptors (Lipinski definition) is 2. The fourth-order valence-corrected chi connectivity index (χ4v) is 3.41. The molecule has 1 fully saturated rings. The van der Waals surface area contributed by atoms with Crippen molar-refractivity contribution in [1.82, 2.24) is 0 Å². The van der Waals surface area contributed by atoms with Crippen LogP contribution >= 0.6 is 28.1 Å². The molecular weight excluding hydrogens is 355 g/mol. The molecule has 3 N–H and O–H groups in total. The van der Waals surface area contributed by atoms with E-state index in [0.29, 0.717) is 17.3 Å². The molecule has 0 bridgehead atoms. The summed E-state index contributed by atoms with van der Waals surface area (Å²) in [5.74, 6) is -0.771. The molecule has 0 saturated heterocycles. The highest BCUT2D eigenvalue weighted by atomic mass is 79.9. The number of anilines is 1. The van der Waals surface area contributed by atoms with Gasteiger partial charge in [-0.15, -0.1) is 0 Å². The summed E-state index contributed by atoms with van der Waals surface area (Å²) in [4.78, 5) is 12.9. The second-order valence-electron chi connectivity index (χ2n) is 5.44. The van der Waals surface area contributed by atoms with E-state index in [2.05, 4.69) is 21.2 Å². The van der Waals surface area contributed by atoms with E-state index in [0.717, 1.165) is 25.7 Å². The highest BCUT2D eigenvalue weighted by Gasteiger charge is 2.41. The standard InChI is InChI=1S/C15H18BrFN2OS/c16-10-5-6-11(17)12(9-10)19-14(20)15(13(18)21)7-3-1-2-4-8-15/h5-6,9H,1-4,7-8H2,(H2,18,21)(H,19,20). The van der Waals surface area contributed by atoms with Crippen molar-refractivity contribution in [2.75, 3.05) is 5.32 Å². The van der Waals surface area contributed by atoms with E-state index < -0.39 is 11.2 Å². The fourth-order valence-electron chi connectivity index (χ4n) is 2.75. The Balaban J connectivity index is 2.26. The van der Waals surface area contributed by atoms with Gasteiger partial charge in [-0.1, -0.05) is 53.8 Å². The summed E-state index contributed by atoms with van der Waals surface area (Å²) in [5, 5.41) is 2.66. The Morgan fingerprint density at radius 1 is 1.29 bits per heavy atom. The topological polar surface area (TPSA) is 55.1 Å². The summed E-state index contributed by atoms with van der Waals surface area (Å²) in [6.45, 7) is 0. The van der Waals surface area contributed by atoms with Crippen LogP contribution in [0.25, 0.3) is 0 Å². The summed E-state index contributed by atoms with van der Waals surface area (Å²) in [6, 6.07) is 4.43. The van der Waals surface area contributed by atoms with Crippen LogP contribution in [0.3, 0.4) is 0 Å². The minimum Gasteiger partial charge on any atom is -0.392 e. The zero-order chi connectivity index (χ0) is 15.5. The van der Waals surface area contributed by atoms with Gasteiger partial charge < -0.3 is 11.1 Å². The number of carbonyl (C=O) groups is 1. The first-order valence-corrected chi connectivity index (χ1v) is 8.22. The zero-order valence-electron chi connectivity index (χ0n) is 11.6. The van der Waals surface area contributed by atoms with Crippen LogP contribution in [-0.4, -0.2) is 10.9 Å². The second kappa shape index (κ2) is 6.83. The number of nitrogens with one attached hydrogen (secondary N) is 1. The SMILES string of the molecule is NC(=S)C1(C(=O)Nc2cc(Br)ccc2F)CCCCCC1. The summed E-state index contributed by atoms with van der Waals surface area (Å²) in [5.41, 5.74) is 5.15. The van der Waals surface area contributed by atoms with Gasteiger partial charge in [0.2, 0.25) is 5.91 Å². The van der Waals surface area contributed by atoms with Gasteiger partial charge in [0.05, 0.1) is 16.1 Å². The molecule has 1 aliphatic rings. The van der Waals surface area contributed by atoms with Crippen molar-refractivity contribution in [1.29, 1.82) is 0 Å². The molecular formula is C15H18BrFN2OS. The van der Waals surface area contributed by atoms with E-state index in [-0.39, 0.29) is 16.6 Å². The minimum atomic E-state index is -0.861. The van der Waals surface area contributed by atoms with Crippen LogP contribution in [0.1, 0.15) is 38.5 Å². The monoisotopic (exact) mass is 372 g/mol. The molecule has 114 valence electrons. The lowest BCUT2D eigenvalue weighted by molar-refractivity contribution is -0.122. The Bertz CT molecular complexity index is 557. The average Bonchev–Trinajstić information content (AvgIpc) is 2.69. The maximum atomic E-state index is 13.8. The van der Waals surface area contributed by atoms with Crippen LogP contribution in [0.2, 0.25) is 0 Å². The lowest BCUT2D eigenvalue weighted by Crippen LogP contribution is -2.45. The Labute approximate surface area is 137 Å². The van der Waals surface area contributed by atoms with E-state index in [1.54, 1.807) is 6.07 Å². The molecule has 0 spiro atoms. The fraction of sp³-hybridized carbons (Fsp3) is 0.467. The third-order valence-corrected chi connectivity index (χ3v) is 4.92. The minimum absolute atomic E-state index is 0.147. The number of halogens is 2. The molecule has 1 aromatic carbocycles. The number of benzene rings is 1. The van der Waals surface area contributed by atoms with Crippen LogP contribution in [0.15, 0.2) is 22.7 Å². The van der Waals surface area contributed by atoms with Crippen molar-refractivity contribution in [3.8, 4) is 0 Å². The molecule has 1 amide bonds. The van der Waals surface area contributed by atoms with E-state index in [1.165, 1.54) is 12.1 Å². The molecule has 0 atom stereocenters.